The van der Waals surface area contributed by atoms with Crippen molar-refractivity contribution in [1.29, 1.82) is 5.26 Å². The fourth-order valence-corrected chi connectivity index (χ4v) is 4.76. The quantitative estimate of drug-likeness (QED) is 0.551. The summed E-state index contributed by atoms with van der Waals surface area (Å²) in [4.78, 5) is 23.5. The maximum absolute atomic E-state index is 13.1. The van der Waals surface area contributed by atoms with Gasteiger partial charge in [0.25, 0.3) is 5.91 Å². The molecular formula is C25H25N7O3. The van der Waals surface area contributed by atoms with Crippen LogP contribution in [0.2, 0.25) is 0 Å². The summed E-state index contributed by atoms with van der Waals surface area (Å²) in [5.74, 6) is 0.568. The molecule has 3 N–H and O–H groups in total. The number of aliphatic imine (C=N–C) groups is 1. The molecule has 4 heterocycles. The highest BCUT2D eigenvalue weighted by Crippen LogP contribution is 2.41. The van der Waals surface area contributed by atoms with Gasteiger partial charge in [-0.2, -0.15) is 15.4 Å². The van der Waals surface area contributed by atoms with Crippen molar-refractivity contribution in [1.82, 2.24) is 14.8 Å². The number of aliphatic hydroxyl groups excluding tert-OH is 1. The van der Waals surface area contributed by atoms with Gasteiger partial charge in [-0.05, 0) is 32.9 Å². The molecule has 2 atom stereocenters. The molecule has 10 nitrogen and oxygen atoms in total. The van der Waals surface area contributed by atoms with Gasteiger partial charge in [-0.25, -0.2) is 4.98 Å². The number of carbonyl (C=O) groups excluding carboxylic acids is 1. The molecule has 0 fully saturated rings. The maximum Gasteiger partial charge on any atom is 0.275 e. The lowest BCUT2D eigenvalue weighted by molar-refractivity contribution is -0.122. The second-order valence-corrected chi connectivity index (χ2v) is 9.11. The van der Waals surface area contributed by atoms with Crippen molar-refractivity contribution in [3.05, 3.63) is 53.0 Å². The number of nitrogen functional groups attached to an aromatic ring is 1. The Kier molecular flexibility index (Phi) is 5.11. The summed E-state index contributed by atoms with van der Waals surface area (Å²) in [6.45, 7) is 5.09. The Morgan fingerprint density at radius 2 is 2.14 bits per heavy atom. The Morgan fingerprint density at radius 3 is 2.86 bits per heavy atom. The van der Waals surface area contributed by atoms with E-state index in [1.165, 1.54) is 4.68 Å². The number of hydrogen-bond donors (Lipinski definition) is 2. The number of pyridine rings is 1. The monoisotopic (exact) mass is 471 g/mol. The van der Waals surface area contributed by atoms with Crippen LogP contribution in [0.1, 0.15) is 42.5 Å². The first-order valence-electron chi connectivity index (χ1n) is 11.2. The number of rotatable bonds is 1. The van der Waals surface area contributed by atoms with Gasteiger partial charge in [-0.3, -0.25) is 9.48 Å². The van der Waals surface area contributed by atoms with Gasteiger partial charge in [0.1, 0.15) is 29.2 Å². The fourth-order valence-electron chi connectivity index (χ4n) is 4.76. The summed E-state index contributed by atoms with van der Waals surface area (Å²) in [6.07, 6.45) is 1.26. The van der Waals surface area contributed by atoms with E-state index in [0.29, 0.717) is 39.8 Å². The molecule has 1 amide bonds. The van der Waals surface area contributed by atoms with E-state index in [-0.39, 0.29) is 12.2 Å². The molecule has 0 radical (unpaired) electrons. The van der Waals surface area contributed by atoms with Gasteiger partial charge in [-0.15, -0.1) is 0 Å². The predicted molar refractivity (Wildman–Crippen MR) is 130 cm³/mol. The SMILES string of the molecule is Cc1ccc2c(c1)[C@@H](C)Oc1cc(cnc1N)-c1c(nn(C)c1C#N)CC1=NC(=O)C(C)(CO)N12. The molecule has 2 aliphatic heterocycles. The first-order valence-corrected chi connectivity index (χ1v) is 11.2. The van der Waals surface area contributed by atoms with Gasteiger partial charge in [-0.1, -0.05) is 17.7 Å². The molecule has 1 aromatic carbocycles. The number of ether oxygens (including phenoxy) is 1. The number of aromatic nitrogens is 3. The fraction of sp³-hybridized carbons (Fsp3) is 0.320. The van der Waals surface area contributed by atoms with Crippen molar-refractivity contribution in [2.75, 3.05) is 17.2 Å². The number of aliphatic hydroxyl groups is 1. The molecule has 0 spiro atoms. The number of nitrogens with zero attached hydrogens (tertiary/aromatic N) is 6. The molecule has 35 heavy (non-hydrogen) atoms. The summed E-state index contributed by atoms with van der Waals surface area (Å²) in [5, 5.41) is 24.8. The van der Waals surface area contributed by atoms with Crippen LogP contribution in [0, 0.1) is 18.3 Å². The normalized spacial score (nSPS) is 21.0. The van der Waals surface area contributed by atoms with Gasteiger partial charge in [0.05, 0.1) is 24.4 Å². The number of aryl methyl sites for hydroxylation is 2. The van der Waals surface area contributed by atoms with E-state index in [9.17, 15) is 15.2 Å². The van der Waals surface area contributed by atoms with Crippen LogP contribution in [0.5, 0.6) is 5.75 Å². The summed E-state index contributed by atoms with van der Waals surface area (Å²) in [6, 6.07) is 9.78. The van der Waals surface area contributed by atoms with E-state index in [2.05, 4.69) is 21.1 Å². The third-order valence-electron chi connectivity index (χ3n) is 6.64. The average molecular weight is 472 g/mol. The molecule has 178 valence electrons. The Morgan fingerprint density at radius 1 is 1.37 bits per heavy atom. The number of amides is 1. The Hall–Kier alpha value is -4.23. The molecule has 1 unspecified atom stereocenters. The van der Waals surface area contributed by atoms with Crippen molar-refractivity contribution >= 4 is 23.2 Å². The number of nitrogens with two attached hydrogens (primary N) is 1. The summed E-state index contributed by atoms with van der Waals surface area (Å²) in [7, 11) is 1.68. The van der Waals surface area contributed by atoms with Crippen molar-refractivity contribution in [2.24, 2.45) is 12.0 Å². The highest BCUT2D eigenvalue weighted by atomic mass is 16.5. The Bertz CT molecular complexity index is 1450. The molecule has 5 rings (SSSR count). The highest BCUT2D eigenvalue weighted by Gasteiger charge is 2.48. The second kappa shape index (κ2) is 7.92. The van der Waals surface area contributed by atoms with Crippen molar-refractivity contribution < 1.29 is 14.6 Å². The second-order valence-electron chi connectivity index (χ2n) is 9.11. The number of benzene rings is 1. The van der Waals surface area contributed by atoms with Crippen LogP contribution >= 0.6 is 0 Å². The van der Waals surface area contributed by atoms with Crippen LogP contribution in [0.4, 0.5) is 11.5 Å². The average Bonchev–Trinajstić information content (AvgIpc) is 3.27. The van der Waals surface area contributed by atoms with E-state index < -0.39 is 24.2 Å². The summed E-state index contributed by atoms with van der Waals surface area (Å²) >= 11 is 0. The third kappa shape index (κ3) is 3.35. The highest BCUT2D eigenvalue weighted by molar-refractivity contribution is 6.17. The zero-order valence-corrected chi connectivity index (χ0v) is 19.9. The van der Waals surface area contributed by atoms with E-state index in [0.717, 1.165) is 11.1 Å². The minimum absolute atomic E-state index is 0.161. The van der Waals surface area contributed by atoms with Gasteiger partial charge < -0.3 is 20.5 Å². The van der Waals surface area contributed by atoms with Crippen molar-refractivity contribution in [3.63, 3.8) is 0 Å². The lowest BCUT2D eigenvalue weighted by Gasteiger charge is -2.36. The van der Waals surface area contributed by atoms with Gasteiger partial charge in [0.15, 0.2) is 11.6 Å². The molecule has 0 saturated carbocycles. The minimum atomic E-state index is -1.30. The number of hydrogen-bond acceptors (Lipinski definition) is 8. The van der Waals surface area contributed by atoms with E-state index in [4.69, 9.17) is 10.5 Å². The lowest BCUT2D eigenvalue weighted by Crippen LogP contribution is -2.53. The van der Waals surface area contributed by atoms with Crippen molar-refractivity contribution in [2.45, 2.75) is 38.8 Å². The van der Waals surface area contributed by atoms with Crippen LogP contribution in [0.3, 0.4) is 0 Å². The van der Waals surface area contributed by atoms with Gasteiger partial charge >= 0.3 is 0 Å². The Balaban J connectivity index is 1.83. The van der Waals surface area contributed by atoms with Crippen LogP contribution in [0.25, 0.3) is 11.1 Å². The first-order chi connectivity index (χ1) is 16.7. The Labute approximate surface area is 202 Å². The van der Waals surface area contributed by atoms with Crippen molar-refractivity contribution in [3.8, 4) is 22.9 Å². The van der Waals surface area contributed by atoms with Crippen LogP contribution in [-0.4, -0.2) is 43.8 Å². The largest absolute Gasteiger partial charge is 0.482 e. The standard InChI is InChI=1S/C25H25N7O3/c1-13-5-6-18-16(7-13)14(2)35-20-8-15(11-28-23(20)27)22-17(30-31(4)19(22)10-26)9-21-29-24(34)25(3,12-33)32(18)21/h5-8,11,14,33H,9,12H2,1-4H3,(H2,27,28)/t14-,25?/m1/s1. The molecule has 10 heteroatoms. The molecule has 0 saturated heterocycles. The lowest BCUT2D eigenvalue weighted by atomic mass is 9.95. The number of fused-ring (bicyclic) bond motifs is 7. The van der Waals surface area contributed by atoms with E-state index in [1.54, 1.807) is 31.1 Å². The first kappa shape index (κ1) is 22.6. The smallest absolute Gasteiger partial charge is 0.275 e. The number of anilines is 2. The van der Waals surface area contributed by atoms with E-state index >= 15 is 0 Å². The number of nitriles is 1. The molecule has 2 aromatic heterocycles. The van der Waals surface area contributed by atoms with Crippen LogP contribution in [-0.2, 0) is 18.3 Å². The van der Waals surface area contributed by atoms with E-state index in [1.807, 2.05) is 32.0 Å². The topological polar surface area (TPSA) is 143 Å². The third-order valence-corrected chi connectivity index (χ3v) is 6.64. The summed E-state index contributed by atoms with van der Waals surface area (Å²) in [5.41, 5.74) is 9.42. The van der Waals surface area contributed by atoms with Crippen LogP contribution in [0.15, 0.2) is 35.5 Å². The molecular weight excluding hydrogens is 446 g/mol. The minimum Gasteiger partial charge on any atom is -0.482 e. The zero-order chi connectivity index (χ0) is 25.1. The predicted octanol–water partition coefficient (Wildman–Crippen LogP) is 2.44. The molecule has 2 bridgehead atoms. The zero-order valence-electron chi connectivity index (χ0n) is 19.9. The molecule has 2 aliphatic rings. The van der Waals surface area contributed by atoms with Crippen LogP contribution < -0.4 is 15.4 Å². The maximum atomic E-state index is 13.1. The molecule has 3 aromatic rings. The summed E-state index contributed by atoms with van der Waals surface area (Å²) < 4.78 is 7.79. The van der Waals surface area contributed by atoms with Gasteiger partial charge in [0.2, 0.25) is 0 Å². The number of amidine groups is 1. The van der Waals surface area contributed by atoms with Gasteiger partial charge in [0, 0.05) is 29.9 Å². The molecule has 0 aliphatic carbocycles. The number of carbonyl (C=O) groups is 1.